The maximum atomic E-state index is 4.30. The molecule has 0 aromatic rings. The van der Waals surface area contributed by atoms with Crippen molar-refractivity contribution < 1.29 is 0 Å². The van der Waals surface area contributed by atoms with Crippen LogP contribution in [-0.2, 0) is 0 Å². The van der Waals surface area contributed by atoms with Crippen LogP contribution in [0.3, 0.4) is 0 Å². The normalized spacial score (nSPS) is 29.1. The lowest BCUT2D eigenvalue weighted by atomic mass is 9.69. The molecule has 0 saturated carbocycles. The topological polar surface area (TPSA) is 0 Å². The van der Waals surface area contributed by atoms with Gasteiger partial charge in [0.25, 0.3) is 0 Å². The Hall–Kier alpha value is -0.520. The highest BCUT2D eigenvalue weighted by atomic mass is 14.4. The van der Waals surface area contributed by atoms with E-state index in [1.165, 1.54) is 31.3 Å². The molecule has 1 aliphatic rings. The van der Waals surface area contributed by atoms with Crippen LogP contribution in [-0.4, -0.2) is 0 Å². The van der Waals surface area contributed by atoms with Crippen LogP contribution in [0.25, 0.3) is 0 Å². The van der Waals surface area contributed by atoms with E-state index >= 15 is 0 Å². The molecule has 0 saturated heterocycles. The van der Waals surface area contributed by atoms with Crippen LogP contribution in [0.1, 0.15) is 60.3 Å². The molecule has 0 N–H and O–H groups in total. The molecule has 0 nitrogen and oxygen atoms in total. The van der Waals surface area contributed by atoms with E-state index in [0.29, 0.717) is 11.3 Å². The maximum Gasteiger partial charge on any atom is -0.0201 e. The molecule has 0 radical (unpaired) electrons. The summed E-state index contributed by atoms with van der Waals surface area (Å²) >= 11 is 0. The van der Waals surface area contributed by atoms with Crippen molar-refractivity contribution >= 4 is 0 Å². The zero-order valence-corrected chi connectivity index (χ0v) is 11.8. The second kappa shape index (κ2) is 5.21. The fourth-order valence-electron chi connectivity index (χ4n) is 2.93. The van der Waals surface area contributed by atoms with Crippen LogP contribution < -0.4 is 0 Å². The summed E-state index contributed by atoms with van der Waals surface area (Å²) < 4.78 is 0. The zero-order valence-electron chi connectivity index (χ0n) is 11.8. The molecule has 0 aliphatic heterocycles. The maximum absolute atomic E-state index is 4.30. The van der Waals surface area contributed by atoms with Gasteiger partial charge < -0.3 is 0 Å². The van der Waals surface area contributed by atoms with Gasteiger partial charge in [-0.25, -0.2) is 0 Å². The molecule has 0 heteroatoms. The third-order valence-corrected chi connectivity index (χ3v) is 4.17. The fourth-order valence-corrected chi connectivity index (χ4v) is 2.93. The molecule has 2 atom stereocenters. The smallest absolute Gasteiger partial charge is 0.0201 e. The van der Waals surface area contributed by atoms with Crippen LogP contribution >= 0.6 is 0 Å². The van der Waals surface area contributed by atoms with Crippen molar-refractivity contribution in [2.75, 3.05) is 0 Å². The van der Waals surface area contributed by atoms with Gasteiger partial charge in [0.2, 0.25) is 0 Å². The largest absolute Gasteiger partial charge is 0.0996 e. The van der Waals surface area contributed by atoms with Crippen molar-refractivity contribution in [3.8, 4) is 0 Å². The van der Waals surface area contributed by atoms with Crippen molar-refractivity contribution in [3.63, 3.8) is 0 Å². The summed E-state index contributed by atoms with van der Waals surface area (Å²) in [4.78, 5) is 0. The van der Waals surface area contributed by atoms with E-state index in [1.54, 1.807) is 5.57 Å². The lowest BCUT2D eigenvalue weighted by Crippen LogP contribution is -2.27. The van der Waals surface area contributed by atoms with E-state index in [1.807, 2.05) is 0 Å². The zero-order chi connectivity index (χ0) is 12.3. The van der Waals surface area contributed by atoms with Crippen LogP contribution in [0.5, 0.6) is 0 Å². The van der Waals surface area contributed by atoms with E-state index in [2.05, 4.69) is 47.3 Å². The van der Waals surface area contributed by atoms with Crippen LogP contribution in [0, 0.1) is 17.3 Å². The second-order valence-electron chi connectivity index (χ2n) is 6.55. The SMILES string of the molecule is C=C1CCC=C(C)CCC(C(C)(C)C)C1C. The molecule has 0 bridgehead atoms. The van der Waals surface area contributed by atoms with E-state index < -0.39 is 0 Å². The number of hydrogen-bond acceptors (Lipinski definition) is 0. The van der Waals surface area contributed by atoms with Gasteiger partial charge in [-0.2, -0.15) is 0 Å². The van der Waals surface area contributed by atoms with Gasteiger partial charge in [0, 0.05) is 0 Å². The van der Waals surface area contributed by atoms with Crippen LogP contribution in [0.15, 0.2) is 23.8 Å². The van der Waals surface area contributed by atoms with E-state index in [-0.39, 0.29) is 0 Å². The lowest BCUT2D eigenvalue weighted by molar-refractivity contribution is 0.174. The Bertz CT molecular complexity index is 275. The minimum Gasteiger partial charge on any atom is -0.0996 e. The summed E-state index contributed by atoms with van der Waals surface area (Å²) in [5.74, 6) is 1.43. The highest BCUT2D eigenvalue weighted by Crippen LogP contribution is 2.40. The average molecular weight is 220 g/mol. The summed E-state index contributed by atoms with van der Waals surface area (Å²) in [6, 6.07) is 0. The first-order valence-electron chi connectivity index (χ1n) is 6.65. The van der Waals surface area contributed by atoms with Gasteiger partial charge in [0.1, 0.15) is 0 Å². The van der Waals surface area contributed by atoms with Gasteiger partial charge in [-0.05, 0) is 49.9 Å². The highest BCUT2D eigenvalue weighted by Gasteiger charge is 2.30. The predicted octanol–water partition coefficient (Wildman–Crippen LogP) is 5.36. The summed E-state index contributed by atoms with van der Waals surface area (Å²) in [7, 11) is 0. The van der Waals surface area contributed by atoms with Crippen LogP contribution in [0.4, 0.5) is 0 Å². The highest BCUT2D eigenvalue weighted by molar-refractivity contribution is 5.09. The summed E-state index contributed by atoms with van der Waals surface area (Å²) in [6.07, 6.45) is 7.34. The molecule has 1 rings (SSSR count). The number of rotatable bonds is 0. The molecule has 0 heterocycles. The molecule has 0 amide bonds. The average Bonchev–Trinajstić information content (AvgIpc) is 2.19. The van der Waals surface area contributed by atoms with Gasteiger partial charge in [0.05, 0.1) is 0 Å². The predicted molar refractivity (Wildman–Crippen MR) is 73.5 cm³/mol. The second-order valence-corrected chi connectivity index (χ2v) is 6.55. The Morgan fingerprint density at radius 3 is 2.44 bits per heavy atom. The molecule has 0 aromatic carbocycles. The molecule has 1 aliphatic carbocycles. The summed E-state index contributed by atoms with van der Waals surface area (Å²) in [6.45, 7) is 16.1. The molecule has 0 spiro atoms. The van der Waals surface area contributed by atoms with Crippen molar-refractivity contribution in [2.24, 2.45) is 17.3 Å². The Kier molecular flexibility index (Phi) is 4.41. The summed E-state index contributed by atoms with van der Waals surface area (Å²) in [5.41, 5.74) is 3.41. The minimum absolute atomic E-state index is 0.396. The van der Waals surface area contributed by atoms with E-state index in [9.17, 15) is 0 Å². The lowest BCUT2D eigenvalue weighted by Gasteiger charge is -2.36. The van der Waals surface area contributed by atoms with Gasteiger partial charge in [0.15, 0.2) is 0 Å². The standard InChI is InChI=1S/C16H28/c1-12-8-7-9-13(2)14(3)15(11-10-12)16(4,5)6/h8,14-15H,2,7,9-11H2,1,3-6H3. The number of hydrogen-bond donors (Lipinski definition) is 0. The van der Waals surface area contributed by atoms with Gasteiger partial charge in [-0.15, -0.1) is 0 Å². The first-order chi connectivity index (χ1) is 7.32. The third-order valence-electron chi connectivity index (χ3n) is 4.17. The first kappa shape index (κ1) is 13.5. The van der Waals surface area contributed by atoms with E-state index in [0.717, 1.165) is 5.92 Å². The van der Waals surface area contributed by atoms with Crippen molar-refractivity contribution in [3.05, 3.63) is 23.8 Å². The molecule has 92 valence electrons. The van der Waals surface area contributed by atoms with E-state index in [4.69, 9.17) is 0 Å². The Morgan fingerprint density at radius 2 is 1.88 bits per heavy atom. The quantitative estimate of drug-likeness (QED) is 0.482. The Morgan fingerprint density at radius 1 is 1.25 bits per heavy atom. The van der Waals surface area contributed by atoms with Gasteiger partial charge in [-0.3, -0.25) is 0 Å². The first-order valence-corrected chi connectivity index (χ1v) is 6.65. The monoisotopic (exact) mass is 220 g/mol. The van der Waals surface area contributed by atoms with Crippen molar-refractivity contribution in [2.45, 2.75) is 60.3 Å². The molecule has 16 heavy (non-hydrogen) atoms. The molecule has 2 unspecified atom stereocenters. The molecular formula is C16H28. The van der Waals surface area contributed by atoms with Gasteiger partial charge in [-0.1, -0.05) is 51.5 Å². The fraction of sp³-hybridized carbons (Fsp3) is 0.750. The van der Waals surface area contributed by atoms with Crippen molar-refractivity contribution in [1.29, 1.82) is 0 Å². The van der Waals surface area contributed by atoms with Crippen LogP contribution in [0.2, 0.25) is 0 Å². The molecular weight excluding hydrogens is 192 g/mol. The Labute approximate surface area is 102 Å². The molecule has 0 aromatic heterocycles. The third kappa shape index (κ3) is 3.50. The summed E-state index contributed by atoms with van der Waals surface area (Å²) in [5, 5.41) is 0. The number of allylic oxidation sites excluding steroid dienone is 3. The Balaban J connectivity index is 2.87. The molecule has 0 fully saturated rings. The minimum atomic E-state index is 0.396. The van der Waals surface area contributed by atoms with Crippen molar-refractivity contribution in [1.82, 2.24) is 0 Å². The van der Waals surface area contributed by atoms with Gasteiger partial charge >= 0.3 is 0 Å².